The topological polar surface area (TPSA) is 20.2 Å². The SMILES string of the molecule is CC(C)C=Cc1ccc(O)c(Cl)c1Cl. The highest BCUT2D eigenvalue weighted by Gasteiger charge is 2.06. The van der Waals surface area contributed by atoms with E-state index < -0.39 is 0 Å². The first-order chi connectivity index (χ1) is 6.52. The molecule has 0 bridgehead atoms. The molecule has 14 heavy (non-hydrogen) atoms. The summed E-state index contributed by atoms with van der Waals surface area (Å²) in [6, 6.07) is 3.27. The van der Waals surface area contributed by atoms with Gasteiger partial charge in [-0.3, -0.25) is 0 Å². The van der Waals surface area contributed by atoms with Crippen molar-refractivity contribution in [3.05, 3.63) is 33.8 Å². The van der Waals surface area contributed by atoms with Crippen LogP contribution in [-0.2, 0) is 0 Å². The molecule has 3 heteroatoms. The first-order valence-electron chi connectivity index (χ1n) is 4.37. The second-order valence-electron chi connectivity index (χ2n) is 3.41. The van der Waals surface area contributed by atoms with E-state index in [1.54, 1.807) is 6.07 Å². The van der Waals surface area contributed by atoms with E-state index in [2.05, 4.69) is 13.8 Å². The van der Waals surface area contributed by atoms with Crippen molar-refractivity contribution < 1.29 is 5.11 Å². The molecule has 1 rings (SSSR count). The van der Waals surface area contributed by atoms with E-state index >= 15 is 0 Å². The minimum Gasteiger partial charge on any atom is -0.506 e. The van der Waals surface area contributed by atoms with Crippen LogP contribution in [0.4, 0.5) is 0 Å². The summed E-state index contributed by atoms with van der Waals surface area (Å²) in [5, 5.41) is 9.86. The van der Waals surface area contributed by atoms with Gasteiger partial charge in [0.2, 0.25) is 0 Å². The van der Waals surface area contributed by atoms with Gasteiger partial charge in [-0.05, 0) is 23.6 Å². The average molecular weight is 231 g/mol. The summed E-state index contributed by atoms with van der Waals surface area (Å²) in [4.78, 5) is 0. The van der Waals surface area contributed by atoms with E-state index in [-0.39, 0.29) is 10.8 Å². The third-order valence-electron chi connectivity index (χ3n) is 1.75. The zero-order valence-electron chi connectivity index (χ0n) is 8.09. The Morgan fingerprint density at radius 3 is 2.43 bits per heavy atom. The van der Waals surface area contributed by atoms with E-state index in [1.165, 1.54) is 6.07 Å². The molecule has 0 spiro atoms. The monoisotopic (exact) mass is 230 g/mol. The van der Waals surface area contributed by atoms with Crippen LogP contribution in [0.1, 0.15) is 19.4 Å². The smallest absolute Gasteiger partial charge is 0.135 e. The van der Waals surface area contributed by atoms with Crippen LogP contribution in [-0.4, -0.2) is 5.11 Å². The van der Waals surface area contributed by atoms with Gasteiger partial charge in [0.25, 0.3) is 0 Å². The Bertz CT molecular complexity index is 357. The lowest BCUT2D eigenvalue weighted by atomic mass is 10.1. The van der Waals surface area contributed by atoms with Crippen LogP contribution < -0.4 is 0 Å². The van der Waals surface area contributed by atoms with Crippen molar-refractivity contribution in [3.8, 4) is 5.75 Å². The van der Waals surface area contributed by atoms with E-state index in [9.17, 15) is 5.11 Å². The highest BCUT2D eigenvalue weighted by Crippen LogP contribution is 2.34. The molecule has 76 valence electrons. The van der Waals surface area contributed by atoms with E-state index in [1.807, 2.05) is 12.2 Å². The molecule has 1 N–H and O–H groups in total. The quantitative estimate of drug-likeness (QED) is 0.801. The number of aromatic hydroxyl groups is 1. The van der Waals surface area contributed by atoms with Crippen molar-refractivity contribution in [2.24, 2.45) is 5.92 Å². The van der Waals surface area contributed by atoms with Crippen LogP contribution in [0, 0.1) is 5.92 Å². The lowest BCUT2D eigenvalue weighted by Crippen LogP contribution is -1.81. The van der Waals surface area contributed by atoms with Gasteiger partial charge >= 0.3 is 0 Å². The summed E-state index contributed by atoms with van der Waals surface area (Å²) >= 11 is 11.7. The van der Waals surface area contributed by atoms with Gasteiger partial charge in [0.05, 0.1) is 5.02 Å². The number of allylic oxidation sites excluding steroid dienone is 1. The second kappa shape index (κ2) is 4.72. The Morgan fingerprint density at radius 1 is 1.21 bits per heavy atom. The lowest BCUT2D eigenvalue weighted by Gasteiger charge is -2.03. The maximum absolute atomic E-state index is 9.26. The van der Waals surface area contributed by atoms with Crippen molar-refractivity contribution >= 4 is 29.3 Å². The van der Waals surface area contributed by atoms with E-state index in [0.29, 0.717) is 10.9 Å². The zero-order valence-corrected chi connectivity index (χ0v) is 9.60. The lowest BCUT2D eigenvalue weighted by molar-refractivity contribution is 0.475. The maximum Gasteiger partial charge on any atom is 0.135 e. The number of hydrogen-bond acceptors (Lipinski definition) is 1. The van der Waals surface area contributed by atoms with Crippen molar-refractivity contribution in [2.45, 2.75) is 13.8 Å². The molecule has 0 radical (unpaired) electrons. The number of phenolic OH excluding ortho intramolecular Hbond substituents is 1. The third-order valence-corrected chi connectivity index (χ3v) is 2.64. The fourth-order valence-electron chi connectivity index (χ4n) is 0.979. The average Bonchev–Trinajstić information content (AvgIpc) is 2.13. The van der Waals surface area contributed by atoms with Crippen molar-refractivity contribution in [1.29, 1.82) is 0 Å². The first-order valence-corrected chi connectivity index (χ1v) is 5.13. The number of halogens is 2. The molecule has 0 saturated carbocycles. The summed E-state index contributed by atoms with van der Waals surface area (Å²) in [5.41, 5.74) is 0.822. The summed E-state index contributed by atoms with van der Waals surface area (Å²) in [6.07, 6.45) is 3.92. The van der Waals surface area contributed by atoms with Gasteiger partial charge in [-0.2, -0.15) is 0 Å². The molecule has 0 unspecified atom stereocenters. The summed E-state index contributed by atoms with van der Waals surface area (Å²) < 4.78 is 0. The summed E-state index contributed by atoms with van der Waals surface area (Å²) in [7, 11) is 0. The number of benzene rings is 1. The molecular formula is C11H12Cl2O. The molecule has 0 atom stereocenters. The second-order valence-corrected chi connectivity index (χ2v) is 4.16. The first kappa shape index (κ1) is 11.4. The Morgan fingerprint density at radius 2 is 1.86 bits per heavy atom. The van der Waals surface area contributed by atoms with Gasteiger partial charge in [0.1, 0.15) is 10.8 Å². The fourth-order valence-corrected chi connectivity index (χ4v) is 1.37. The van der Waals surface area contributed by atoms with E-state index in [0.717, 1.165) is 5.56 Å². The van der Waals surface area contributed by atoms with Crippen LogP contribution in [0.15, 0.2) is 18.2 Å². The van der Waals surface area contributed by atoms with Crippen LogP contribution in [0.2, 0.25) is 10.0 Å². The van der Waals surface area contributed by atoms with Gasteiger partial charge in [0.15, 0.2) is 0 Å². The molecule has 0 saturated heterocycles. The zero-order chi connectivity index (χ0) is 10.7. The van der Waals surface area contributed by atoms with Crippen LogP contribution in [0.3, 0.4) is 0 Å². The van der Waals surface area contributed by atoms with Crippen LogP contribution in [0.5, 0.6) is 5.75 Å². The number of phenols is 1. The highest BCUT2D eigenvalue weighted by molar-refractivity contribution is 6.43. The standard InChI is InChI=1S/C11H12Cl2O/c1-7(2)3-4-8-5-6-9(14)11(13)10(8)12/h3-7,14H,1-2H3. The molecule has 0 amide bonds. The van der Waals surface area contributed by atoms with Gasteiger partial charge in [-0.15, -0.1) is 0 Å². The molecule has 0 fully saturated rings. The van der Waals surface area contributed by atoms with Gasteiger partial charge in [-0.25, -0.2) is 0 Å². The van der Waals surface area contributed by atoms with Gasteiger partial charge in [-0.1, -0.05) is 49.2 Å². The molecule has 0 heterocycles. The molecular weight excluding hydrogens is 219 g/mol. The van der Waals surface area contributed by atoms with Crippen molar-refractivity contribution in [2.75, 3.05) is 0 Å². The minimum absolute atomic E-state index is 0.0124. The molecule has 1 nitrogen and oxygen atoms in total. The number of hydrogen-bond donors (Lipinski definition) is 1. The minimum atomic E-state index is 0.0124. The molecule has 0 aliphatic rings. The highest BCUT2D eigenvalue weighted by atomic mass is 35.5. The Balaban J connectivity index is 3.06. The van der Waals surface area contributed by atoms with Crippen molar-refractivity contribution in [1.82, 2.24) is 0 Å². The fraction of sp³-hybridized carbons (Fsp3) is 0.273. The van der Waals surface area contributed by atoms with Crippen LogP contribution in [0.25, 0.3) is 6.08 Å². The number of rotatable bonds is 2. The molecule has 0 aromatic heterocycles. The summed E-state index contributed by atoms with van der Waals surface area (Å²) in [6.45, 7) is 4.15. The van der Waals surface area contributed by atoms with Gasteiger partial charge in [0, 0.05) is 0 Å². The van der Waals surface area contributed by atoms with E-state index in [4.69, 9.17) is 23.2 Å². The molecule has 0 aliphatic carbocycles. The summed E-state index contributed by atoms with van der Waals surface area (Å²) in [5.74, 6) is 0.469. The molecule has 1 aromatic rings. The molecule has 1 aromatic carbocycles. The Kier molecular flexibility index (Phi) is 3.85. The van der Waals surface area contributed by atoms with Gasteiger partial charge < -0.3 is 5.11 Å². The maximum atomic E-state index is 9.26. The van der Waals surface area contributed by atoms with Crippen LogP contribution >= 0.6 is 23.2 Å². The largest absolute Gasteiger partial charge is 0.506 e. The normalized spacial score (nSPS) is 11.5. The Hall–Kier alpha value is -0.660. The predicted octanol–water partition coefficient (Wildman–Crippen LogP) is 4.37. The molecule has 0 aliphatic heterocycles. The Labute approximate surface area is 94.0 Å². The third kappa shape index (κ3) is 2.66. The predicted molar refractivity (Wildman–Crippen MR) is 62.0 cm³/mol. The van der Waals surface area contributed by atoms with Crippen molar-refractivity contribution in [3.63, 3.8) is 0 Å².